The topological polar surface area (TPSA) is 50.3 Å². The van der Waals surface area contributed by atoms with E-state index in [2.05, 4.69) is 65.1 Å². The number of hydrogen-bond acceptors (Lipinski definition) is 2. The van der Waals surface area contributed by atoms with Crippen LogP contribution < -0.4 is 15.2 Å². The molecule has 0 spiro atoms. The predicted octanol–water partition coefficient (Wildman–Crippen LogP) is 0.664. The van der Waals surface area contributed by atoms with E-state index >= 15 is 0 Å². The monoisotopic (exact) mass is 402 g/mol. The highest BCUT2D eigenvalue weighted by atomic mass is 16.2. The fraction of sp³-hybridized carbons (Fsp3) is 0.280. The molecule has 3 aromatic carbocycles. The first-order valence-corrected chi connectivity index (χ1v) is 10.7. The second-order valence-corrected chi connectivity index (χ2v) is 8.13. The van der Waals surface area contributed by atoms with E-state index < -0.39 is 0 Å². The van der Waals surface area contributed by atoms with Crippen molar-refractivity contribution in [2.24, 2.45) is 5.10 Å². The number of hydrazone groups is 1. The maximum absolute atomic E-state index is 12.4. The summed E-state index contributed by atoms with van der Waals surface area (Å²) in [4.78, 5) is 15.3. The zero-order valence-electron chi connectivity index (χ0n) is 17.5. The number of fused-ring (bicyclic) bond motifs is 1. The van der Waals surface area contributed by atoms with Gasteiger partial charge in [0.2, 0.25) is 0 Å². The minimum atomic E-state index is -0.0170. The molecule has 3 aromatic rings. The van der Waals surface area contributed by atoms with Crippen LogP contribution in [-0.2, 0) is 11.3 Å². The van der Waals surface area contributed by atoms with E-state index in [1.54, 1.807) is 4.90 Å². The van der Waals surface area contributed by atoms with E-state index in [1.807, 2.05) is 25.1 Å². The molecule has 0 saturated carbocycles. The molecular formula is C25H30N4O+2. The summed E-state index contributed by atoms with van der Waals surface area (Å²) in [5.74, 6) is -0.0170. The molecule has 1 amide bonds. The number of rotatable bonds is 6. The maximum atomic E-state index is 12.4. The van der Waals surface area contributed by atoms with Gasteiger partial charge in [0, 0.05) is 5.56 Å². The molecular weight excluding hydrogens is 372 g/mol. The lowest BCUT2D eigenvalue weighted by Gasteiger charge is -2.29. The molecule has 5 heteroatoms. The Morgan fingerprint density at radius 2 is 1.53 bits per heavy atom. The lowest BCUT2D eigenvalue weighted by molar-refractivity contribution is -1.02. The second-order valence-electron chi connectivity index (χ2n) is 8.13. The number of hydrogen-bond donors (Lipinski definition) is 3. The Morgan fingerprint density at radius 1 is 0.867 bits per heavy atom. The van der Waals surface area contributed by atoms with Gasteiger partial charge in [0.25, 0.3) is 5.91 Å². The zero-order chi connectivity index (χ0) is 20.8. The van der Waals surface area contributed by atoms with Crippen LogP contribution in [0.1, 0.15) is 18.1 Å². The first-order valence-electron chi connectivity index (χ1n) is 10.7. The minimum absolute atomic E-state index is 0.0170. The molecule has 3 N–H and O–H groups in total. The second kappa shape index (κ2) is 9.65. The van der Waals surface area contributed by atoms with E-state index in [9.17, 15) is 4.79 Å². The Labute approximate surface area is 178 Å². The summed E-state index contributed by atoms with van der Waals surface area (Å²) in [5.41, 5.74) is 5.98. The van der Waals surface area contributed by atoms with Crippen molar-refractivity contribution in [2.75, 3.05) is 32.7 Å². The van der Waals surface area contributed by atoms with Crippen LogP contribution in [0.15, 0.2) is 77.9 Å². The molecule has 0 atom stereocenters. The third kappa shape index (κ3) is 5.32. The minimum Gasteiger partial charge on any atom is -0.322 e. The van der Waals surface area contributed by atoms with Crippen molar-refractivity contribution in [1.82, 2.24) is 5.43 Å². The van der Waals surface area contributed by atoms with E-state index in [0.29, 0.717) is 6.54 Å². The molecule has 1 fully saturated rings. The molecule has 154 valence electrons. The van der Waals surface area contributed by atoms with Crippen molar-refractivity contribution >= 4 is 22.4 Å². The number of nitrogens with zero attached hydrogens (tertiary/aromatic N) is 1. The molecule has 0 aliphatic carbocycles. The zero-order valence-corrected chi connectivity index (χ0v) is 17.5. The number of amides is 1. The molecule has 1 aliphatic rings. The first kappa shape index (κ1) is 20.3. The summed E-state index contributed by atoms with van der Waals surface area (Å²) < 4.78 is 0. The predicted molar refractivity (Wildman–Crippen MR) is 121 cm³/mol. The van der Waals surface area contributed by atoms with Gasteiger partial charge in [-0.1, -0.05) is 66.7 Å². The normalized spacial score (nSPS) is 19.6. The SMILES string of the molecule is C/C(=N\NC(=O)C[NH+]1CC[NH+](Cc2ccccc2)CC1)c1ccc2ccccc2c1. The average Bonchev–Trinajstić information content (AvgIpc) is 2.79. The summed E-state index contributed by atoms with van der Waals surface area (Å²) in [6.45, 7) is 7.70. The highest BCUT2D eigenvalue weighted by Crippen LogP contribution is 2.16. The Kier molecular flexibility index (Phi) is 6.52. The van der Waals surface area contributed by atoms with Crippen LogP contribution in [0.3, 0.4) is 0 Å². The smallest absolute Gasteiger partial charge is 0.295 e. The Hall–Kier alpha value is -3.02. The van der Waals surface area contributed by atoms with E-state index in [-0.39, 0.29) is 5.91 Å². The van der Waals surface area contributed by atoms with E-state index in [4.69, 9.17) is 0 Å². The molecule has 0 aromatic heterocycles. The summed E-state index contributed by atoms with van der Waals surface area (Å²) in [7, 11) is 0. The Bertz CT molecular complexity index is 1020. The number of benzene rings is 3. The van der Waals surface area contributed by atoms with Crippen molar-refractivity contribution in [1.29, 1.82) is 0 Å². The van der Waals surface area contributed by atoms with E-state index in [0.717, 1.165) is 44.0 Å². The molecule has 1 saturated heterocycles. The average molecular weight is 403 g/mol. The first-order chi connectivity index (χ1) is 14.7. The largest absolute Gasteiger partial charge is 0.322 e. The Balaban J connectivity index is 1.25. The van der Waals surface area contributed by atoms with Gasteiger partial charge in [0.1, 0.15) is 32.7 Å². The van der Waals surface area contributed by atoms with Gasteiger partial charge in [-0.05, 0) is 29.3 Å². The lowest BCUT2D eigenvalue weighted by atomic mass is 10.0. The number of nitrogens with one attached hydrogen (secondary N) is 3. The van der Waals surface area contributed by atoms with Crippen LogP contribution in [0.4, 0.5) is 0 Å². The lowest BCUT2D eigenvalue weighted by Crippen LogP contribution is -3.28. The van der Waals surface area contributed by atoms with Crippen LogP contribution >= 0.6 is 0 Å². The van der Waals surface area contributed by atoms with Gasteiger partial charge in [-0.2, -0.15) is 5.10 Å². The van der Waals surface area contributed by atoms with Crippen molar-refractivity contribution < 1.29 is 14.6 Å². The van der Waals surface area contributed by atoms with Crippen LogP contribution in [0.5, 0.6) is 0 Å². The molecule has 0 bridgehead atoms. The number of carbonyl (C=O) groups is 1. The molecule has 4 rings (SSSR count). The van der Waals surface area contributed by atoms with Crippen molar-refractivity contribution in [3.05, 3.63) is 83.9 Å². The van der Waals surface area contributed by atoms with Crippen LogP contribution in [0.25, 0.3) is 10.8 Å². The Morgan fingerprint density at radius 3 is 2.30 bits per heavy atom. The van der Waals surface area contributed by atoms with Gasteiger partial charge >= 0.3 is 0 Å². The highest BCUT2D eigenvalue weighted by Gasteiger charge is 2.24. The highest BCUT2D eigenvalue weighted by molar-refractivity contribution is 6.02. The van der Waals surface area contributed by atoms with Crippen molar-refractivity contribution in [3.63, 3.8) is 0 Å². The number of piperazine rings is 1. The van der Waals surface area contributed by atoms with Gasteiger partial charge in [-0.15, -0.1) is 0 Å². The summed E-state index contributed by atoms with van der Waals surface area (Å²) in [6.07, 6.45) is 0. The summed E-state index contributed by atoms with van der Waals surface area (Å²) >= 11 is 0. The van der Waals surface area contributed by atoms with E-state index in [1.165, 1.54) is 21.2 Å². The standard InChI is InChI=1S/C25H28N4O/c1-20(23-12-11-22-9-5-6-10-24(22)17-23)26-27-25(30)19-29-15-13-28(14-16-29)18-21-7-3-2-4-8-21/h2-12,17H,13-16,18-19H2,1H3,(H,27,30)/p+2/b26-20+. The summed E-state index contributed by atoms with van der Waals surface area (Å²) in [5, 5.41) is 6.72. The molecule has 30 heavy (non-hydrogen) atoms. The van der Waals surface area contributed by atoms with Crippen molar-refractivity contribution in [2.45, 2.75) is 13.5 Å². The quantitative estimate of drug-likeness (QED) is 0.412. The molecule has 5 nitrogen and oxygen atoms in total. The van der Waals surface area contributed by atoms with Crippen LogP contribution in [0.2, 0.25) is 0 Å². The van der Waals surface area contributed by atoms with Crippen molar-refractivity contribution in [3.8, 4) is 0 Å². The number of quaternary nitrogens is 2. The fourth-order valence-electron chi connectivity index (χ4n) is 4.09. The van der Waals surface area contributed by atoms with Gasteiger partial charge in [-0.25, -0.2) is 5.43 Å². The third-order valence-electron chi connectivity index (χ3n) is 5.89. The van der Waals surface area contributed by atoms with Gasteiger partial charge < -0.3 is 9.80 Å². The van der Waals surface area contributed by atoms with Gasteiger partial charge in [0.15, 0.2) is 6.54 Å². The van der Waals surface area contributed by atoms with Gasteiger partial charge in [-0.3, -0.25) is 4.79 Å². The van der Waals surface area contributed by atoms with Crippen LogP contribution in [0, 0.1) is 0 Å². The maximum Gasteiger partial charge on any atom is 0.295 e. The molecule has 1 heterocycles. The summed E-state index contributed by atoms with van der Waals surface area (Å²) in [6, 6.07) is 25.1. The molecule has 1 aliphatic heterocycles. The van der Waals surface area contributed by atoms with Crippen LogP contribution in [-0.4, -0.2) is 44.3 Å². The number of carbonyl (C=O) groups excluding carboxylic acids is 1. The van der Waals surface area contributed by atoms with Gasteiger partial charge in [0.05, 0.1) is 5.71 Å². The molecule has 0 radical (unpaired) electrons. The third-order valence-corrected chi connectivity index (χ3v) is 5.89. The fourth-order valence-corrected chi connectivity index (χ4v) is 4.09. The molecule has 0 unspecified atom stereocenters.